The van der Waals surface area contributed by atoms with Crippen LogP contribution in [-0.4, -0.2) is 27.3 Å². The van der Waals surface area contributed by atoms with Crippen molar-refractivity contribution in [2.75, 3.05) is 5.01 Å². The second-order valence-electron chi connectivity index (χ2n) is 3.19. The van der Waals surface area contributed by atoms with Crippen LogP contribution in [0.1, 0.15) is 6.42 Å². The molecule has 0 radical (unpaired) electrons. The standard InChI is InChI=1S/C9H7Cl2N3O2/c10-5-2-1-3-12-8(5)14-6(9(15)16)4-7(11)13-14/h1-3,6H,4H2,(H,15,16). The van der Waals surface area contributed by atoms with Gasteiger partial charge >= 0.3 is 5.97 Å². The van der Waals surface area contributed by atoms with Crippen LogP contribution in [0.3, 0.4) is 0 Å². The normalized spacial score (nSPS) is 19.8. The SMILES string of the molecule is O=C(O)C1CC(Cl)=NN1c1ncccc1Cl. The van der Waals surface area contributed by atoms with E-state index in [1.165, 1.54) is 11.2 Å². The van der Waals surface area contributed by atoms with Crippen molar-refractivity contribution in [3.63, 3.8) is 0 Å². The quantitative estimate of drug-likeness (QED) is 0.882. The highest BCUT2D eigenvalue weighted by Crippen LogP contribution is 2.29. The molecular weight excluding hydrogens is 253 g/mol. The molecule has 0 aromatic carbocycles. The highest BCUT2D eigenvalue weighted by Gasteiger charge is 2.34. The van der Waals surface area contributed by atoms with Gasteiger partial charge in [0.05, 0.1) is 5.02 Å². The number of pyridine rings is 1. The minimum absolute atomic E-state index is 0.157. The fraction of sp³-hybridized carbons (Fsp3) is 0.222. The van der Waals surface area contributed by atoms with Gasteiger partial charge in [0, 0.05) is 12.6 Å². The molecule has 0 spiro atoms. The maximum atomic E-state index is 11.0. The Balaban J connectivity index is 2.39. The van der Waals surface area contributed by atoms with E-state index in [2.05, 4.69) is 10.1 Å². The van der Waals surface area contributed by atoms with Crippen LogP contribution in [-0.2, 0) is 4.79 Å². The Hall–Kier alpha value is -1.33. The van der Waals surface area contributed by atoms with Gasteiger partial charge in [-0.25, -0.2) is 14.8 Å². The fourth-order valence-electron chi connectivity index (χ4n) is 1.41. The molecule has 0 saturated heterocycles. The molecule has 0 amide bonds. The first-order valence-corrected chi connectivity index (χ1v) is 5.20. The molecule has 1 aliphatic heterocycles. The first-order chi connectivity index (χ1) is 7.59. The molecule has 0 aliphatic carbocycles. The third-order valence-corrected chi connectivity index (χ3v) is 2.64. The average molecular weight is 260 g/mol. The molecule has 16 heavy (non-hydrogen) atoms. The minimum Gasteiger partial charge on any atom is -0.480 e. The number of aromatic nitrogens is 1. The van der Waals surface area contributed by atoms with Gasteiger partial charge in [-0.05, 0) is 12.1 Å². The summed E-state index contributed by atoms with van der Waals surface area (Å²) in [6.07, 6.45) is 1.67. The second-order valence-corrected chi connectivity index (χ2v) is 4.03. The van der Waals surface area contributed by atoms with Crippen molar-refractivity contribution >= 4 is 40.2 Å². The number of halogens is 2. The summed E-state index contributed by atoms with van der Waals surface area (Å²) in [7, 11) is 0. The molecule has 2 heterocycles. The zero-order valence-corrected chi connectivity index (χ0v) is 9.48. The molecule has 1 aromatic rings. The van der Waals surface area contributed by atoms with Crippen molar-refractivity contribution in [2.24, 2.45) is 5.10 Å². The molecule has 0 fully saturated rings. The van der Waals surface area contributed by atoms with Gasteiger partial charge < -0.3 is 5.11 Å². The highest BCUT2D eigenvalue weighted by atomic mass is 35.5. The van der Waals surface area contributed by atoms with E-state index in [0.717, 1.165) is 0 Å². The van der Waals surface area contributed by atoms with E-state index >= 15 is 0 Å². The number of hydrogen-bond donors (Lipinski definition) is 1. The largest absolute Gasteiger partial charge is 0.480 e. The first-order valence-electron chi connectivity index (χ1n) is 4.45. The summed E-state index contributed by atoms with van der Waals surface area (Å²) < 4.78 is 0. The number of hydrazone groups is 1. The topological polar surface area (TPSA) is 65.8 Å². The van der Waals surface area contributed by atoms with Gasteiger partial charge in [-0.15, -0.1) is 0 Å². The van der Waals surface area contributed by atoms with Gasteiger partial charge in [-0.2, -0.15) is 5.10 Å². The summed E-state index contributed by atoms with van der Waals surface area (Å²) in [5, 5.41) is 14.7. The van der Waals surface area contributed by atoms with Gasteiger partial charge in [0.25, 0.3) is 0 Å². The van der Waals surface area contributed by atoms with Crippen LogP contribution in [0.4, 0.5) is 5.82 Å². The highest BCUT2D eigenvalue weighted by molar-refractivity contribution is 6.66. The number of carboxylic acid groups (broad SMARTS) is 1. The Labute approximate surface area is 101 Å². The number of carboxylic acids is 1. The van der Waals surface area contributed by atoms with E-state index in [4.69, 9.17) is 28.3 Å². The lowest BCUT2D eigenvalue weighted by atomic mass is 10.2. The predicted molar refractivity (Wildman–Crippen MR) is 61.1 cm³/mol. The predicted octanol–water partition coefficient (Wildman–Crippen LogP) is 1.95. The molecule has 7 heteroatoms. The van der Waals surface area contributed by atoms with Crippen LogP contribution >= 0.6 is 23.2 Å². The van der Waals surface area contributed by atoms with Crippen LogP contribution in [0.5, 0.6) is 0 Å². The Morgan fingerprint density at radius 2 is 2.31 bits per heavy atom. The molecule has 1 N–H and O–H groups in total. The maximum absolute atomic E-state index is 11.0. The summed E-state index contributed by atoms with van der Waals surface area (Å²) in [5.41, 5.74) is 0. The van der Waals surface area contributed by atoms with Crippen molar-refractivity contribution < 1.29 is 9.90 Å². The van der Waals surface area contributed by atoms with Crippen molar-refractivity contribution in [3.05, 3.63) is 23.4 Å². The number of rotatable bonds is 2. The minimum atomic E-state index is -1.01. The number of carbonyl (C=O) groups is 1. The number of aliphatic carboxylic acids is 1. The molecule has 0 bridgehead atoms. The smallest absolute Gasteiger partial charge is 0.329 e. The molecule has 1 aromatic heterocycles. The van der Waals surface area contributed by atoms with E-state index in [1.807, 2.05) is 0 Å². The molecule has 1 unspecified atom stereocenters. The summed E-state index contributed by atoms with van der Waals surface area (Å²) in [6.45, 7) is 0. The molecule has 84 valence electrons. The third-order valence-electron chi connectivity index (χ3n) is 2.11. The average Bonchev–Trinajstić information content (AvgIpc) is 2.61. The third kappa shape index (κ3) is 1.96. The van der Waals surface area contributed by atoms with Crippen LogP contribution in [0.15, 0.2) is 23.4 Å². The van der Waals surface area contributed by atoms with E-state index in [0.29, 0.717) is 10.8 Å². The van der Waals surface area contributed by atoms with Crippen LogP contribution in [0.25, 0.3) is 0 Å². The Morgan fingerprint density at radius 1 is 1.56 bits per heavy atom. The van der Waals surface area contributed by atoms with E-state index in [-0.39, 0.29) is 11.6 Å². The molecule has 1 aliphatic rings. The number of hydrogen-bond acceptors (Lipinski definition) is 4. The van der Waals surface area contributed by atoms with Gasteiger partial charge in [-0.1, -0.05) is 23.2 Å². The molecule has 5 nitrogen and oxygen atoms in total. The van der Waals surface area contributed by atoms with Crippen molar-refractivity contribution in [1.29, 1.82) is 0 Å². The molecule has 1 atom stereocenters. The van der Waals surface area contributed by atoms with E-state index in [9.17, 15) is 4.79 Å². The maximum Gasteiger partial charge on any atom is 0.329 e. The second kappa shape index (κ2) is 4.27. The van der Waals surface area contributed by atoms with E-state index in [1.54, 1.807) is 12.1 Å². The van der Waals surface area contributed by atoms with Crippen molar-refractivity contribution in [1.82, 2.24) is 4.98 Å². The summed E-state index contributed by atoms with van der Waals surface area (Å²) in [6, 6.07) is 2.42. The zero-order chi connectivity index (χ0) is 11.7. The van der Waals surface area contributed by atoms with Crippen molar-refractivity contribution in [2.45, 2.75) is 12.5 Å². The van der Waals surface area contributed by atoms with Crippen LogP contribution in [0.2, 0.25) is 5.02 Å². The number of nitrogens with zero attached hydrogens (tertiary/aromatic N) is 3. The van der Waals surface area contributed by atoms with Crippen molar-refractivity contribution in [3.8, 4) is 0 Å². The zero-order valence-electron chi connectivity index (χ0n) is 7.97. The lowest BCUT2D eigenvalue weighted by Crippen LogP contribution is -2.34. The fourth-order valence-corrected chi connectivity index (χ4v) is 1.84. The van der Waals surface area contributed by atoms with Gasteiger partial charge in [0.15, 0.2) is 11.9 Å². The van der Waals surface area contributed by atoms with Crippen LogP contribution < -0.4 is 5.01 Å². The van der Waals surface area contributed by atoms with Crippen LogP contribution in [0, 0.1) is 0 Å². The van der Waals surface area contributed by atoms with E-state index < -0.39 is 12.0 Å². The van der Waals surface area contributed by atoms with Gasteiger partial charge in [0.1, 0.15) is 5.17 Å². The molecular formula is C9H7Cl2N3O2. The number of anilines is 1. The first kappa shape index (κ1) is 11.2. The Bertz CT molecular complexity index is 464. The Kier molecular flexibility index (Phi) is 2.98. The molecule has 2 rings (SSSR count). The molecule has 0 saturated carbocycles. The summed E-state index contributed by atoms with van der Waals surface area (Å²) in [4.78, 5) is 15.0. The lowest BCUT2D eigenvalue weighted by molar-refractivity contribution is -0.138. The van der Waals surface area contributed by atoms with Gasteiger partial charge in [-0.3, -0.25) is 0 Å². The monoisotopic (exact) mass is 259 g/mol. The summed E-state index contributed by atoms with van der Waals surface area (Å²) >= 11 is 11.6. The van der Waals surface area contributed by atoms with Gasteiger partial charge in [0.2, 0.25) is 0 Å². The lowest BCUT2D eigenvalue weighted by Gasteiger charge is -2.19. The summed E-state index contributed by atoms with van der Waals surface area (Å²) in [5.74, 6) is -0.715. The Morgan fingerprint density at radius 3 is 2.94 bits per heavy atom.